The van der Waals surface area contributed by atoms with Gasteiger partial charge in [-0.3, -0.25) is 4.79 Å². The van der Waals surface area contributed by atoms with Crippen LogP contribution < -0.4 is 14.8 Å². The molecule has 1 aromatic heterocycles. The van der Waals surface area contributed by atoms with Gasteiger partial charge in [0.25, 0.3) is 0 Å². The van der Waals surface area contributed by atoms with E-state index in [1.807, 2.05) is 6.07 Å². The van der Waals surface area contributed by atoms with E-state index in [2.05, 4.69) is 34.6 Å². The lowest BCUT2D eigenvalue weighted by molar-refractivity contribution is -0.122. The van der Waals surface area contributed by atoms with Gasteiger partial charge in [0.1, 0.15) is 6.54 Å². The summed E-state index contributed by atoms with van der Waals surface area (Å²) in [5, 5.41) is 15.3. The zero-order chi connectivity index (χ0) is 19.6. The summed E-state index contributed by atoms with van der Waals surface area (Å²) >= 11 is 0. The van der Waals surface area contributed by atoms with Crippen molar-refractivity contribution in [3.63, 3.8) is 0 Å². The summed E-state index contributed by atoms with van der Waals surface area (Å²) in [6.45, 7) is 5.07. The number of aromatic nitrogens is 4. The first-order chi connectivity index (χ1) is 13.1. The van der Waals surface area contributed by atoms with Crippen LogP contribution >= 0.6 is 0 Å². The van der Waals surface area contributed by atoms with Crippen LogP contribution in [-0.4, -0.2) is 46.9 Å². The van der Waals surface area contributed by atoms with Gasteiger partial charge in [-0.05, 0) is 35.8 Å². The predicted octanol–water partition coefficient (Wildman–Crippen LogP) is 2.69. The Morgan fingerprint density at radius 3 is 2.67 bits per heavy atom. The van der Waals surface area contributed by atoms with Crippen LogP contribution in [0.15, 0.2) is 18.2 Å². The fourth-order valence-corrected chi connectivity index (χ4v) is 2.79. The fraction of sp³-hybridized carbons (Fsp3) is 0.579. The van der Waals surface area contributed by atoms with Crippen LogP contribution in [0.25, 0.3) is 11.4 Å². The van der Waals surface area contributed by atoms with Gasteiger partial charge in [-0.15, -0.1) is 10.2 Å². The van der Waals surface area contributed by atoms with Gasteiger partial charge in [0.05, 0.1) is 14.2 Å². The Bertz CT molecular complexity index is 732. The Balaban J connectivity index is 1.94. The summed E-state index contributed by atoms with van der Waals surface area (Å²) in [5.74, 6) is 2.04. The number of ether oxygens (including phenoxy) is 2. The van der Waals surface area contributed by atoms with E-state index < -0.39 is 0 Å². The van der Waals surface area contributed by atoms with Crippen LogP contribution in [0.3, 0.4) is 0 Å². The minimum Gasteiger partial charge on any atom is -0.493 e. The van der Waals surface area contributed by atoms with Gasteiger partial charge >= 0.3 is 0 Å². The molecule has 0 fully saturated rings. The fourth-order valence-electron chi connectivity index (χ4n) is 2.79. The number of rotatable bonds is 11. The highest BCUT2D eigenvalue weighted by Gasteiger charge is 2.13. The lowest BCUT2D eigenvalue weighted by atomic mass is 9.99. The molecule has 0 aliphatic carbocycles. The second-order valence-corrected chi connectivity index (χ2v) is 6.43. The third-order valence-corrected chi connectivity index (χ3v) is 4.51. The molecule has 2 aromatic rings. The lowest BCUT2D eigenvalue weighted by Crippen LogP contribution is -2.32. The van der Waals surface area contributed by atoms with Gasteiger partial charge in [-0.1, -0.05) is 33.1 Å². The Hall–Kier alpha value is -2.64. The number of tetrazole rings is 1. The minimum absolute atomic E-state index is 0.0461. The molecule has 1 atom stereocenters. The van der Waals surface area contributed by atoms with Gasteiger partial charge in [0, 0.05) is 12.1 Å². The average molecular weight is 375 g/mol. The molecule has 2 rings (SSSR count). The normalized spacial score (nSPS) is 11.9. The minimum atomic E-state index is -0.110. The maximum absolute atomic E-state index is 12.2. The molecule has 0 spiro atoms. The molecule has 8 heteroatoms. The molecule has 1 heterocycles. The second kappa shape index (κ2) is 10.5. The quantitative estimate of drug-likeness (QED) is 0.649. The zero-order valence-electron chi connectivity index (χ0n) is 16.6. The first kappa shape index (κ1) is 20.7. The molecule has 0 radical (unpaired) electrons. The second-order valence-electron chi connectivity index (χ2n) is 6.43. The number of hydrogen-bond acceptors (Lipinski definition) is 6. The van der Waals surface area contributed by atoms with Gasteiger partial charge in [0.2, 0.25) is 11.7 Å². The summed E-state index contributed by atoms with van der Waals surface area (Å²) in [6.07, 6.45) is 4.56. The highest BCUT2D eigenvalue weighted by atomic mass is 16.5. The number of nitrogens with zero attached hydrogens (tertiary/aromatic N) is 4. The molecule has 1 aromatic carbocycles. The van der Waals surface area contributed by atoms with Crippen molar-refractivity contribution < 1.29 is 14.3 Å². The summed E-state index contributed by atoms with van der Waals surface area (Å²) in [4.78, 5) is 13.5. The third-order valence-electron chi connectivity index (χ3n) is 4.51. The maximum atomic E-state index is 12.2. The molecule has 27 heavy (non-hydrogen) atoms. The van der Waals surface area contributed by atoms with E-state index in [0.29, 0.717) is 29.8 Å². The molecule has 0 aliphatic heterocycles. The monoisotopic (exact) mass is 375 g/mol. The summed E-state index contributed by atoms with van der Waals surface area (Å²) in [6, 6.07) is 5.38. The number of nitrogens with one attached hydrogen (secondary N) is 1. The molecule has 1 N–H and O–H groups in total. The van der Waals surface area contributed by atoms with Crippen LogP contribution in [-0.2, 0) is 11.3 Å². The van der Waals surface area contributed by atoms with Crippen molar-refractivity contribution in [1.82, 2.24) is 25.5 Å². The SMILES string of the molecule is CCCC[C@@H](CC)CNC(=O)Cn1nnc(-c2ccc(OC)c(OC)c2)n1. The van der Waals surface area contributed by atoms with Gasteiger partial charge in [-0.2, -0.15) is 4.80 Å². The number of amides is 1. The van der Waals surface area contributed by atoms with Crippen LogP contribution in [0, 0.1) is 5.92 Å². The van der Waals surface area contributed by atoms with Crippen molar-refractivity contribution in [2.24, 2.45) is 5.92 Å². The highest BCUT2D eigenvalue weighted by molar-refractivity contribution is 5.75. The van der Waals surface area contributed by atoms with E-state index in [0.717, 1.165) is 18.4 Å². The summed E-state index contributed by atoms with van der Waals surface area (Å²) in [7, 11) is 3.15. The molecule has 8 nitrogen and oxygen atoms in total. The number of methoxy groups -OCH3 is 2. The number of carbonyl (C=O) groups is 1. The first-order valence-electron chi connectivity index (χ1n) is 9.38. The van der Waals surface area contributed by atoms with Crippen molar-refractivity contribution in [2.75, 3.05) is 20.8 Å². The molecular formula is C19H29N5O3. The first-order valence-corrected chi connectivity index (χ1v) is 9.38. The Labute approximate surface area is 160 Å². The molecule has 1 amide bonds. The van der Waals surface area contributed by atoms with Crippen molar-refractivity contribution >= 4 is 5.91 Å². The largest absolute Gasteiger partial charge is 0.493 e. The number of unbranched alkanes of at least 4 members (excludes halogenated alkanes) is 1. The van der Waals surface area contributed by atoms with E-state index in [4.69, 9.17) is 9.47 Å². The molecule has 0 unspecified atom stereocenters. The third kappa shape index (κ3) is 5.94. The van der Waals surface area contributed by atoms with Gasteiger partial charge in [-0.25, -0.2) is 0 Å². The lowest BCUT2D eigenvalue weighted by Gasteiger charge is -2.14. The maximum Gasteiger partial charge on any atom is 0.243 e. The number of benzene rings is 1. The van der Waals surface area contributed by atoms with E-state index in [9.17, 15) is 4.79 Å². The topological polar surface area (TPSA) is 91.2 Å². The number of carbonyl (C=O) groups excluding carboxylic acids is 1. The van der Waals surface area contributed by atoms with E-state index in [1.54, 1.807) is 26.4 Å². The summed E-state index contributed by atoms with van der Waals surface area (Å²) in [5.41, 5.74) is 0.741. The zero-order valence-corrected chi connectivity index (χ0v) is 16.6. The Kier molecular flexibility index (Phi) is 8.03. The molecule has 0 saturated heterocycles. The molecular weight excluding hydrogens is 346 g/mol. The molecule has 148 valence electrons. The van der Waals surface area contributed by atoms with Crippen molar-refractivity contribution in [1.29, 1.82) is 0 Å². The molecule has 0 aliphatic rings. The average Bonchev–Trinajstić information content (AvgIpc) is 3.15. The van der Waals surface area contributed by atoms with Crippen molar-refractivity contribution in [3.8, 4) is 22.9 Å². The van der Waals surface area contributed by atoms with Crippen molar-refractivity contribution in [3.05, 3.63) is 18.2 Å². The summed E-state index contributed by atoms with van der Waals surface area (Å²) < 4.78 is 10.5. The van der Waals surface area contributed by atoms with Gasteiger partial charge in [0.15, 0.2) is 11.5 Å². The Morgan fingerprint density at radius 2 is 2.00 bits per heavy atom. The van der Waals surface area contributed by atoms with Gasteiger partial charge < -0.3 is 14.8 Å². The van der Waals surface area contributed by atoms with Crippen LogP contribution in [0.4, 0.5) is 0 Å². The predicted molar refractivity (Wildman–Crippen MR) is 103 cm³/mol. The smallest absolute Gasteiger partial charge is 0.243 e. The number of hydrogen-bond donors (Lipinski definition) is 1. The van der Waals surface area contributed by atoms with E-state index in [1.165, 1.54) is 17.6 Å². The molecule has 0 bridgehead atoms. The Morgan fingerprint density at radius 1 is 1.22 bits per heavy atom. The van der Waals surface area contributed by atoms with Crippen LogP contribution in [0.5, 0.6) is 11.5 Å². The van der Waals surface area contributed by atoms with Crippen molar-refractivity contribution in [2.45, 2.75) is 46.1 Å². The van der Waals surface area contributed by atoms with Crippen LogP contribution in [0.2, 0.25) is 0 Å². The highest BCUT2D eigenvalue weighted by Crippen LogP contribution is 2.30. The standard InChI is InChI=1S/C19H29N5O3/c1-5-7-8-14(6-2)12-20-18(25)13-24-22-19(21-23-24)15-9-10-16(26-3)17(11-15)27-4/h9-11,14H,5-8,12-13H2,1-4H3,(H,20,25)/t14-/m1/s1. The van der Waals surface area contributed by atoms with E-state index in [-0.39, 0.29) is 12.5 Å². The van der Waals surface area contributed by atoms with Crippen LogP contribution in [0.1, 0.15) is 39.5 Å². The molecule has 0 saturated carbocycles. The van der Waals surface area contributed by atoms with E-state index >= 15 is 0 Å².